The van der Waals surface area contributed by atoms with E-state index in [0.717, 1.165) is 29.4 Å². The summed E-state index contributed by atoms with van der Waals surface area (Å²) in [5, 5.41) is 8.47. The molecule has 0 spiro atoms. The molecule has 1 aliphatic rings. The maximum Gasteiger partial charge on any atom is 0.0568 e. The van der Waals surface area contributed by atoms with Gasteiger partial charge < -0.3 is 0 Å². The largest absolute Gasteiger partial charge is 0.159 e. The van der Waals surface area contributed by atoms with Crippen molar-refractivity contribution < 1.29 is 0 Å². The highest BCUT2D eigenvalue weighted by atomic mass is 15.2. The van der Waals surface area contributed by atoms with Gasteiger partial charge >= 0.3 is 0 Å². The Labute approximate surface area is 189 Å². The first-order valence-electron chi connectivity index (χ1n) is 12.5. The van der Waals surface area contributed by atoms with Gasteiger partial charge in [0.15, 0.2) is 0 Å². The average Bonchev–Trinajstić information content (AvgIpc) is 2.82. The van der Waals surface area contributed by atoms with E-state index in [-0.39, 0.29) is 0 Å². The van der Waals surface area contributed by atoms with Crippen LogP contribution in [0.4, 0.5) is 0 Å². The quantitative estimate of drug-likeness (QED) is 0.200. The molecule has 1 fully saturated rings. The monoisotopic (exact) mass is 416 g/mol. The second kappa shape index (κ2) is 13.2. The van der Waals surface area contributed by atoms with Crippen LogP contribution in [0.25, 0.3) is 0 Å². The van der Waals surface area contributed by atoms with Gasteiger partial charge in [-0.05, 0) is 72.6 Å². The molecule has 0 saturated heterocycles. The van der Waals surface area contributed by atoms with Crippen molar-refractivity contribution in [2.45, 2.75) is 90.4 Å². The molecule has 31 heavy (non-hydrogen) atoms. The Hall–Kier alpha value is -2.22. The van der Waals surface area contributed by atoms with Crippen LogP contribution >= 0.6 is 0 Å². The fourth-order valence-corrected chi connectivity index (χ4v) is 4.67. The molecule has 0 amide bonds. The summed E-state index contributed by atoms with van der Waals surface area (Å²) in [7, 11) is 0. The summed E-state index contributed by atoms with van der Waals surface area (Å²) in [6.07, 6.45) is 18.4. The first-order chi connectivity index (χ1) is 15.3. The van der Waals surface area contributed by atoms with Crippen molar-refractivity contribution in [3.8, 4) is 0 Å². The number of aryl methyl sites for hydroxylation is 1. The van der Waals surface area contributed by atoms with Gasteiger partial charge in [0.25, 0.3) is 0 Å². The zero-order valence-corrected chi connectivity index (χ0v) is 19.6. The van der Waals surface area contributed by atoms with Crippen molar-refractivity contribution >= 4 is 12.4 Å². The van der Waals surface area contributed by atoms with Gasteiger partial charge in [-0.3, -0.25) is 0 Å². The second-order valence-electron chi connectivity index (χ2n) is 9.21. The highest BCUT2D eigenvalue weighted by molar-refractivity contribution is 5.82. The van der Waals surface area contributed by atoms with Gasteiger partial charge in [0, 0.05) is 0 Å². The fraction of sp³-hybridized carbons (Fsp3) is 0.517. The van der Waals surface area contributed by atoms with E-state index in [2.05, 4.69) is 72.6 Å². The molecular formula is C29H40N2. The second-order valence-corrected chi connectivity index (χ2v) is 9.21. The van der Waals surface area contributed by atoms with Crippen LogP contribution in [0.5, 0.6) is 0 Å². The number of hydrogen-bond donors (Lipinski definition) is 0. The lowest BCUT2D eigenvalue weighted by Crippen LogP contribution is -2.13. The normalized spacial score (nSPS) is 19.4. The predicted octanol–water partition coefficient (Wildman–Crippen LogP) is 8.34. The van der Waals surface area contributed by atoms with Crippen molar-refractivity contribution in [2.24, 2.45) is 16.1 Å². The van der Waals surface area contributed by atoms with Gasteiger partial charge in [-0.15, -0.1) is 0 Å². The zero-order valence-electron chi connectivity index (χ0n) is 19.6. The first kappa shape index (κ1) is 23.4. The molecule has 0 heterocycles. The van der Waals surface area contributed by atoms with E-state index >= 15 is 0 Å². The van der Waals surface area contributed by atoms with Gasteiger partial charge in [0.2, 0.25) is 0 Å². The van der Waals surface area contributed by atoms with Crippen molar-refractivity contribution in [2.75, 3.05) is 0 Å². The lowest BCUT2D eigenvalue weighted by atomic mass is 9.77. The third-order valence-corrected chi connectivity index (χ3v) is 6.75. The van der Waals surface area contributed by atoms with E-state index in [9.17, 15) is 0 Å². The molecule has 1 saturated carbocycles. The van der Waals surface area contributed by atoms with Gasteiger partial charge in [0.05, 0.1) is 12.4 Å². The van der Waals surface area contributed by atoms with Crippen LogP contribution in [-0.2, 0) is 6.42 Å². The molecule has 0 aliphatic heterocycles. The van der Waals surface area contributed by atoms with E-state index in [1.54, 1.807) is 0 Å². The predicted molar refractivity (Wildman–Crippen MR) is 136 cm³/mol. The summed E-state index contributed by atoms with van der Waals surface area (Å²) in [5.41, 5.74) is 5.10. The van der Waals surface area contributed by atoms with Crippen molar-refractivity contribution in [3.63, 3.8) is 0 Å². The van der Waals surface area contributed by atoms with Crippen molar-refractivity contribution in [1.82, 2.24) is 0 Å². The third-order valence-electron chi connectivity index (χ3n) is 6.75. The van der Waals surface area contributed by atoms with Crippen molar-refractivity contribution in [1.29, 1.82) is 0 Å². The molecule has 2 nitrogen and oxygen atoms in total. The standard InChI is InChI=1S/C29H40N2/c1-3-5-7-9-25-14-18-28(19-15-25)29-20-16-27(17-21-29)23-31-30-22-26-12-10-24(11-13-26)8-6-4-2/h10-13,16-17,20-23,25,28H,3-9,14-15,18-19H2,1-2H3/b30-22+,31-23+. The first-order valence-corrected chi connectivity index (χ1v) is 12.5. The molecule has 2 heteroatoms. The molecule has 2 aromatic rings. The molecular weight excluding hydrogens is 376 g/mol. The van der Waals surface area contributed by atoms with E-state index in [1.807, 2.05) is 12.4 Å². The summed E-state index contributed by atoms with van der Waals surface area (Å²) >= 11 is 0. The Bertz CT molecular complexity index is 794. The number of nitrogens with zero attached hydrogens (tertiary/aromatic N) is 2. The summed E-state index contributed by atoms with van der Waals surface area (Å²) in [5.74, 6) is 1.71. The molecule has 0 atom stereocenters. The number of unbranched alkanes of at least 4 members (excludes halogenated alkanes) is 3. The van der Waals surface area contributed by atoms with E-state index in [4.69, 9.17) is 0 Å². The van der Waals surface area contributed by atoms with Crippen LogP contribution in [0, 0.1) is 5.92 Å². The van der Waals surface area contributed by atoms with Crippen LogP contribution < -0.4 is 0 Å². The smallest absolute Gasteiger partial charge is 0.0568 e. The van der Waals surface area contributed by atoms with Crippen LogP contribution in [0.1, 0.15) is 106 Å². The van der Waals surface area contributed by atoms with Crippen LogP contribution in [0.15, 0.2) is 58.7 Å². The summed E-state index contributed by atoms with van der Waals surface area (Å²) in [6, 6.07) is 17.6. The maximum absolute atomic E-state index is 4.24. The Balaban J connectivity index is 1.44. The van der Waals surface area contributed by atoms with E-state index < -0.39 is 0 Å². The summed E-state index contributed by atoms with van der Waals surface area (Å²) < 4.78 is 0. The lowest BCUT2D eigenvalue weighted by Gasteiger charge is -2.29. The Morgan fingerprint density at radius 3 is 1.87 bits per heavy atom. The molecule has 166 valence electrons. The Morgan fingerprint density at radius 2 is 1.29 bits per heavy atom. The van der Waals surface area contributed by atoms with Gasteiger partial charge in [-0.25, -0.2) is 0 Å². The Kier molecular flexibility index (Phi) is 10.0. The zero-order chi connectivity index (χ0) is 21.7. The van der Waals surface area contributed by atoms with Gasteiger partial charge in [-0.1, -0.05) is 94.5 Å². The number of benzene rings is 2. The fourth-order valence-electron chi connectivity index (χ4n) is 4.67. The SMILES string of the molecule is CCCCCC1CCC(c2ccc(/C=N/N=C/c3ccc(CCCC)cc3)cc2)CC1. The molecule has 0 radical (unpaired) electrons. The lowest BCUT2D eigenvalue weighted by molar-refractivity contribution is 0.303. The molecule has 2 aromatic carbocycles. The minimum Gasteiger partial charge on any atom is -0.159 e. The molecule has 0 aromatic heterocycles. The highest BCUT2D eigenvalue weighted by Crippen LogP contribution is 2.37. The molecule has 3 rings (SSSR count). The summed E-state index contributed by atoms with van der Waals surface area (Å²) in [6.45, 7) is 4.53. The third kappa shape index (κ3) is 8.09. The van der Waals surface area contributed by atoms with Crippen LogP contribution in [-0.4, -0.2) is 12.4 Å². The summed E-state index contributed by atoms with van der Waals surface area (Å²) in [4.78, 5) is 0. The minimum absolute atomic E-state index is 0.742. The topological polar surface area (TPSA) is 24.7 Å². The maximum atomic E-state index is 4.24. The molecule has 0 bridgehead atoms. The minimum atomic E-state index is 0.742. The molecule has 0 N–H and O–H groups in total. The van der Waals surface area contributed by atoms with Gasteiger partial charge in [0.1, 0.15) is 0 Å². The van der Waals surface area contributed by atoms with Crippen LogP contribution in [0.3, 0.4) is 0 Å². The van der Waals surface area contributed by atoms with Gasteiger partial charge in [-0.2, -0.15) is 10.2 Å². The average molecular weight is 417 g/mol. The Morgan fingerprint density at radius 1 is 0.710 bits per heavy atom. The van der Waals surface area contributed by atoms with Crippen molar-refractivity contribution in [3.05, 3.63) is 70.8 Å². The van der Waals surface area contributed by atoms with Crippen LogP contribution in [0.2, 0.25) is 0 Å². The number of hydrogen-bond acceptors (Lipinski definition) is 2. The van der Waals surface area contributed by atoms with E-state index in [1.165, 1.54) is 75.3 Å². The number of rotatable bonds is 11. The highest BCUT2D eigenvalue weighted by Gasteiger charge is 2.21. The molecule has 0 unspecified atom stereocenters. The van der Waals surface area contributed by atoms with E-state index in [0.29, 0.717) is 0 Å². The molecule has 1 aliphatic carbocycles.